The third kappa shape index (κ3) is 3.12. The molecule has 0 radical (unpaired) electrons. The van der Waals surface area contributed by atoms with Gasteiger partial charge >= 0.3 is 0 Å². The Labute approximate surface area is 154 Å². The van der Waals surface area contributed by atoms with Crippen molar-refractivity contribution in [3.8, 4) is 5.75 Å². The maximum absolute atomic E-state index is 13.3. The molecule has 26 heavy (non-hydrogen) atoms. The molecule has 0 aliphatic carbocycles. The summed E-state index contributed by atoms with van der Waals surface area (Å²) in [5.74, 6) is 0.665. The van der Waals surface area contributed by atoms with E-state index < -0.39 is 5.60 Å². The molecule has 2 aliphatic rings. The van der Waals surface area contributed by atoms with Crippen LogP contribution < -0.4 is 4.74 Å². The third-order valence-electron chi connectivity index (χ3n) is 6.09. The number of nitrogens with zero attached hydrogens (tertiary/aromatic N) is 1. The second kappa shape index (κ2) is 6.67. The normalized spacial score (nSPS) is 28.3. The Morgan fingerprint density at radius 3 is 2.38 bits per heavy atom. The second-order valence-electron chi connectivity index (χ2n) is 7.82. The molecule has 3 nitrogen and oxygen atoms in total. The number of methoxy groups -OCH3 is 1. The first kappa shape index (κ1) is 17.5. The fraction of sp³-hybridized carbons (Fsp3) is 0.455. The van der Waals surface area contributed by atoms with Crippen LogP contribution in [-0.2, 0) is 12.1 Å². The van der Waals surface area contributed by atoms with Gasteiger partial charge in [-0.15, -0.1) is 0 Å². The maximum atomic E-state index is 13.3. The Bertz CT molecular complexity index is 775. The first-order chi connectivity index (χ1) is 12.5. The highest BCUT2D eigenvalue weighted by atomic mass is 19.1. The molecule has 2 atom stereocenters. The number of hydrogen-bond donors (Lipinski definition) is 1. The van der Waals surface area contributed by atoms with Crippen LogP contribution in [0.25, 0.3) is 0 Å². The molecule has 2 saturated heterocycles. The van der Waals surface area contributed by atoms with Gasteiger partial charge < -0.3 is 9.84 Å². The molecule has 138 valence electrons. The summed E-state index contributed by atoms with van der Waals surface area (Å²) in [6.07, 6.45) is 3.59. The maximum Gasteiger partial charge on any atom is 0.123 e. The van der Waals surface area contributed by atoms with Gasteiger partial charge in [0.05, 0.1) is 12.7 Å². The van der Waals surface area contributed by atoms with Crippen LogP contribution in [0, 0.1) is 12.7 Å². The summed E-state index contributed by atoms with van der Waals surface area (Å²) in [6, 6.07) is 13.3. The fourth-order valence-electron chi connectivity index (χ4n) is 4.80. The highest BCUT2D eigenvalue weighted by Gasteiger charge is 2.48. The SMILES string of the molecule is COc1ccc(C)cc1CN1C2CCC1CC(O)(c1ccc(F)cc1)C2. The van der Waals surface area contributed by atoms with E-state index in [0.29, 0.717) is 24.9 Å². The average Bonchev–Trinajstić information content (AvgIpc) is 2.86. The number of fused-ring (bicyclic) bond motifs is 2. The van der Waals surface area contributed by atoms with Crippen LogP contribution >= 0.6 is 0 Å². The van der Waals surface area contributed by atoms with Gasteiger partial charge in [-0.05, 0) is 56.4 Å². The minimum atomic E-state index is -0.854. The van der Waals surface area contributed by atoms with Crippen molar-refractivity contribution in [2.24, 2.45) is 0 Å². The molecule has 4 heteroatoms. The lowest BCUT2D eigenvalue weighted by Crippen LogP contribution is -2.49. The van der Waals surface area contributed by atoms with Crippen LogP contribution in [0.15, 0.2) is 42.5 Å². The van der Waals surface area contributed by atoms with Gasteiger partial charge in [-0.25, -0.2) is 4.39 Å². The molecule has 0 aromatic heterocycles. The molecular formula is C22H26FNO2. The Kier molecular flexibility index (Phi) is 4.49. The molecule has 2 fully saturated rings. The molecule has 2 aliphatic heterocycles. The van der Waals surface area contributed by atoms with E-state index in [-0.39, 0.29) is 5.82 Å². The molecule has 0 amide bonds. The largest absolute Gasteiger partial charge is 0.496 e. The van der Waals surface area contributed by atoms with Crippen LogP contribution in [0.1, 0.15) is 42.4 Å². The summed E-state index contributed by atoms with van der Waals surface area (Å²) in [5.41, 5.74) is 2.42. The van der Waals surface area contributed by atoms with Crippen LogP contribution in [-0.4, -0.2) is 29.2 Å². The minimum absolute atomic E-state index is 0.260. The molecule has 4 rings (SSSR count). The lowest BCUT2D eigenvalue weighted by atomic mass is 9.80. The van der Waals surface area contributed by atoms with Crippen molar-refractivity contribution in [1.82, 2.24) is 4.90 Å². The van der Waals surface area contributed by atoms with E-state index in [1.54, 1.807) is 19.2 Å². The van der Waals surface area contributed by atoms with Crippen molar-refractivity contribution in [3.63, 3.8) is 0 Å². The molecule has 2 heterocycles. The zero-order chi connectivity index (χ0) is 18.3. The quantitative estimate of drug-likeness (QED) is 0.894. The van der Waals surface area contributed by atoms with Crippen LogP contribution in [0.4, 0.5) is 4.39 Å². The number of hydrogen-bond acceptors (Lipinski definition) is 3. The minimum Gasteiger partial charge on any atom is -0.496 e. The third-order valence-corrected chi connectivity index (χ3v) is 6.09. The zero-order valence-electron chi connectivity index (χ0n) is 15.4. The number of rotatable bonds is 4. The van der Waals surface area contributed by atoms with E-state index in [0.717, 1.165) is 30.7 Å². The van der Waals surface area contributed by atoms with Crippen LogP contribution in [0.2, 0.25) is 0 Å². The van der Waals surface area contributed by atoms with Crippen LogP contribution in [0.3, 0.4) is 0 Å². The molecule has 0 saturated carbocycles. The van der Waals surface area contributed by atoms with Crippen molar-refractivity contribution in [2.75, 3.05) is 7.11 Å². The van der Waals surface area contributed by atoms with Gasteiger partial charge in [-0.3, -0.25) is 4.90 Å². The van der Waals surface area contributed by atoms with Crippen molar-refractivity contribution in [3.05, 3.63) is 65.0 Å². The van der Waals surface area contributed by atoms with Crippen molar-refractivity contribution < 1.29 is 14.2 Å². The number of halogens is 1. The lowest BCUT2D eigenvalue weighted by molar-refractivity contribution is -0.0596. The molecule has 2 unspecified atom stereocenters. The van der Waals surface area contributed by atoms with E-state index in [1.165, 1.54) is 23.3 Å². The van der Waals surface area contributed by atoms with Gasteiger partial charge in [0.25, 0.3) is 0 Å². The van der Waals surface area contributed by atoms with Gasteiger partial charge in [0.2, 0.25) is 0 Å². The van der Waals surface area contributed by atoms with E-state index >= 15 is 0 Å². The molecule has 1 N–H and O–H groups in total. The van der Waals surface area contributed by atoms with Gasteiger partial charge in [0.1, 0.15) is 11.6 Å². The standard InChI is InChI=1S/C22H26FNO2/c1-15-3-10-21(26-2)16(11-15)14-24-19-8-9-20(24)13-22(25,12-19)17-4-6-18(23)7-5-17/h3-7,10-11,19-20,25H,8-9,12-14H2,1-2H3. The lowest BCUT2D eigenvalue weighted by Gasteiger charge is -2.44. The van der Waals surface area contributed by atoms with E-state index in [2.05, 4.69) is 24.0 Å². The number of piperidine rings is 1. The summed E-state index contributed by atoms with van der Waals surface area (Å²) < 4.78 is 18.8. The first-order valence-corrected chi connectivity index (χ1v) is 9.36. The fourth-order valence-corrected chi connectivity index (χ4v) is 4.80. The predicted molar refractivity (Wildman–Crippen MR) is 99.6 cm³/mol. The summed E-state index contributed by atoms with van der Waals surface area (Å²) >= 11 is 0. The molecule has 2 bridgehead atoms. The highest BCUT2D eigenvalue weighted by molar-refractivity contribution is 5.37. The van der Waals surface area contributed by atoms with Crippen molar-refractivity contribution in [2.45, 2.75) is 56.8 Å². The number of ether oxygens (including phenoxy) is 1. The van der Waals surface area contributed by atoms with Gasteiger partial charge in [-0.2, -0.15) is 0 Å². The molecule has 0 spiro atoms. The summed E-state index contributed by atoms with van der Waals surface area (Å²) in [5, 5.41) is 11.3. The Morgan fingerprint density at radius 2 is 1.77 bits per heavy atom. The predicted octanol–water partition coefficient (Wildman–Crippen LogP) is 4.16. The number of aryl methyl sites for hydroxylation is 1. The summed E-state index contributed by atoms with van der Waals surface area (Å²) in [4.78, 5) is 2.52. The van der Waals surface area contributed by atoms with Gasteiger partial charge in [0, 0.05) is 24.2 Å². The Hall–Kier alpha value is -1.91. The summed E-state index contributed by atoms with van der Waals surface area (Å²) in [6.45, 7) is 2.95. The molecule has 2 aromatic rings. The Morgan fingerprint density at radius 1 is 1.12 bits per heavy atom. The van der Waals surface area contributed by atoms with E-state index in [9.17, 15) is 9.50 Å². The van der Waals surface area contributed by atoms with Crippen molar-refractivity contribution >= 4 is 0 Å². The average molecular weight is 355 g/mol. The topological polar surface area (TPSA) is 32.7 Å². The monoisotopic (exact) mass is 355 g/mol. The number of aliphatic hydroxyl groups is 1. The number of benzene rings is 2. The van der Waals surface area contributed by atoms with Gasteiger partial charge in [0.15, 0.2) is 0 Å². The zero-order valence-corrected chi connectivity index (χ0v) is 15.4. The first-order valence-electron chi connectivity index (χ1n) is 9.36. The molecule has 2 aromatic carbocycles. The van der Waals surface area contributed by atoms with Crippen molar-refractivity contribution in [1.29, 1.82) is 0 Å². The molecular weight excluding hydrogens is 329 g/mol. The van der Waals surface area contributed by atoms with E-state index in [4.69, 9.17) is 4.74 Å². The summed E-state index contributed by atoms with van der Waals surface area (Å²) in [7, 11) is 1.71. The highest BCUT2D eigenvalue weighted by Crippen LogP contribution is 2.46. The van der Waals surface area contributed by atoms with E-state index in [1.807, 2.05) is 6.07 Å². The smallest absolute Gasteiger partial charge is 0.123 e. The van der Waals surface area contributed by atoms with Gasteiger partial charge in [-0.1, -0.05) is 29.8 Å². The second-order valence-corrected chi connectivity index (χ2v) is 7.82. The Balaban J connectivity index is 1.56. The van der Waals surface area contributed by atoms with Crippen LogP contribution in [0.5, 0.6) is 5.75 Å².